The first-order valence-electron chi connectivity index (χ1n) is 13.0. The Labute approximate surface area is 209 Å². The molecule has 0 aromatic heterocycles. The lowest BCUT2D eigenvalue weighted by molar-refractivity contribution is -0.127. The summed E-state index contributed by atoms with van der Waals surface area (Å²) in [6.45, 7) is 10.9. The van der Waals surface area contributed by atoms with E-state index in [1.807, 2.05) is 6.92 Å². The van der Waals surface area contributed by atoms with Crippen LogP contribution in [-0.2, 0) is 16.1 Å². The third-order valence-corrected chi connectivity index (χ3v) is 7.09. The molecular formula is C28H42F2N2O3. The smallest absolute Gasteiger partial charge is 0.257 e. The van der Waals surface area contributed by atoms with Gasteiger partial charge in [-0.2, -0.15) is 4.39 Å². The zero-order chi connectivity index (χ0) is 26.0. The molecule has 7 heteroatoms. The van der Waals surface area contributed by atoms with Crippen LogP contribution in [0.2, 0.25) is 0 Å². The number of ether oxygens (including phenoxy) is 1. The van der Waals surface area contributed by atoms with E-state index in [-0.39, 0.29) is 35.5 Å². The van der Waals surface area contributed by atoms with Gasteiger partial charge in [0.15, 0.2) is 17.9 Å². The molecule has 1 amide bonds. The maximum atomic E-state index is 14.8. The van der Waals surface area contributed by atoms with E-state index in [0.29, 0.717) is 19.3 Å². The lowest BCUT2D eigenvalue weighted by Crippen LogP contribution is -2.31. The van der Waals surface area contributed by atoms with E-state index in [2.05, 4.69) is 25.7 Å². The third-order valence-electron chi connectivity index (χ3n) is 7.09. The Morgan fingerprint density at radius 1 is 1.06 bits per heavy atom. The fourth-order valence-electron chi connectivity index (χ4n) is 5.24. The maximum absolute atomic E-state index is 14.8. The molecule has 0 unspecified atom stereocenters. The van der Waals surface area contributed by atoms with E-state index in [0.717, 1.165) is 57.2 Å². The van der Waals surface area contributed by atoms with Gasteiger partial charge in [0.1, 0.15) is 6.61 Å². The molecule has 0 saturated heterocycles. The summed E-state index contributed by atoms with van der Waals surface area (Å²) in [4.78, 5) is 28.6. The average Bonchev–Trinajstić information content (AvgIpc) is 3.28. The summed E-state index contributed by atoms with van der Waals surface area (Å²) in [7, 11) is 1.51. The van der Waals surface area contributed by atoms with E-state index in [9.17, 15) is 18.4 Å². The summed E-state index contributed by atoms with van der Waals surface area (Å²) in [5.74, 6) is -2.68. The van der Waals surface area contributed by atoms with Crippen LogP contribution >= 0.6 is 0 Å². The Kier molecular flexibility index (Phi) is 11.3. The Hall–Kier alpha value is -2.28. The summed E-state index contributed by atoms with van der Waals surface area (Å²) < 4.78 is 35.1. The van der Waals surface area contributed by atoms with Crippen LogP contribution < -0.4 is 4.74 Å². The Bertz CT molecular complexity index is 888. The maximum Gasteiger partial charge on any atom is 0.257 e. The van der Waals surface area contributed by atoms with Crippen LogP contribution in [0.5, 0.6) is 5.75 Å². The van der Waals surface area contributed by atoms with Gasteiger partial charge in [-0.15, -0.1) is 0 Å². The first-order chi connectivity index (χ1) is 16.7. The topological polar surface area (TPSA) is 49.9 Å². The summed E-state index contributed by atoms with van der Waals surface area (Å²) in [5.41, 5.74) is 0.878. The fraction of sp³-hybridized carbons (Fsp3) is 0.643. The second-order valence-corrected chi connectivity index (χ2v) is 9.83. The molecule has 0 radical (unpaired) electrons. The monoisotopic (exact) mass is 492 g/mol. The minimum Gasteiger partial charge on any atom is -0.489 e. The van der Waals surface area contributed by atoms with Gasteiger partial charge in [0.25, 0.3) is 5.91 Å². The lowest BCUT2D eigenvalue weighted by Gasteiger charge is -2.29. The highest BCUT2D eigenvalue weighted by Crippen LogP contribution is 2.46. The number of halogens is 2. The van der Waals surface area contributed by atoms with Gasteiger partial charge in [0.05, 0.1) is 5.57 Å². The normalized spacial score (nSPS) is 15.8. The van der Waals surface area contributed by atoms with E-state index >= 15 is 0 Å². The van der Waals surface area contributed by atoms with Crippen LogP contribution in [0.15, 0.2) is 23.3 Å². The molecule has 1 fully saturated rings. The van der Waals surface area contributed by atoms with Gasteiger partial charge in [0, 0.05) is 25.7 Å². The molecule has 1 aliphatic carbocycles. The number of hydrogen-bond acceptors (Lipinski definition) is 4. The van der Waals surface area contributed by atoms with Gasteiger partial charge >= 0.3 is 0 Å². The van der Waals surface area contributed by atoms with Crippen molar-refractivity contribution in [2.75, 3.05) is 33.3 Å². The van der Waals surface area contributed by atoms with Crippen LogP contribution in [-0.4, -0.2) is 55.3 Å². The molecule has 0 bridgehead atoms. The number of hydrogen-bond donors (Lipinski definition) is 0. The molecule has 196 valence electrons. The average molecular weight is 493 g/mol. The van der Waals surface area contributed by atoms with E-state index in [1.165, 1.54) is 24.1 Å². The van der Waals surface area contributed by atoms with Crippen molar-refractivity contribution in [1.29, 1.82) is 0 Å². The molecule has 0 heterocycles. The number of rotatable bonds is 14. The SMILES string of the molecule is CCCN(CCC)CCOc1ccc(CN(C)C(=O)/C(C=O)=C(/CC)C2(C)CCCC2)c(F)c1F. The van der Waals surface area contributed by atoms with E-state index in [1.54, 1.807) is 0 Å². The van der Waals surface area contributed by atoms with Gasteiger partial charge in [-0.3, -0.25) is 14.5 Å². The Balaban J connectivity index is 2.12. The Morgan fingerprint density at radius 2 is 1.69 bits per heavy atom. The molecule has 5 nitrogen and oxygen atoms in total. The number of allylic oxidation sites excluding steroid dienone is 1. The first kappa shape index (κ1) is 29.0. The predicted molar refractivity (Wildman–Crippen MR) is 135 cm³/mol. The molecule has 0 spiro atoms. The number of aldehydes is 1. The van der Waals surface area contributed by atoms with Crippen molar-refractivity contribution in [3.63, 3.8) is 0 Å². The first-order valence-corrected chi connectivity index (χ1v) is 13.0. The second kappa shape index (κ2) is 13.7. The lowest BCUT2D eigenvalue weighted by atomic mass is 9.76. The van der Waals surface area contributed by atoms with Crippen molar-refractivity contribution >= 4 is 12.2 Å². The van der Waals surface area contributed by atoms with Crippen LogP contribution in [0.25, 0.3) is 0 Å². The largest absolute Gasteiger partial charge is 0.489 e. The zero-order valence-corrected chi connectivity index (χ0v) is 22.1. The number of benzene rings is 1. The summed E-state index contributed by atoms with van der Waals surface area (Å²) in [6.07, 6.45) is 7.30. The van der Waals surface area contributed by atoms with Crippen molar-refractivity contribution in [3.05, 3.63) is 40.5 Å². The molecule has 1 aromatic rings. The highest BCUT2D eigenvalue weighted by atomic mass is 19.2. The third kappa shape index (κ3) is 7.35. The van der Waals surface area contributed by atoms with E-state index in [4.69, 9.17) is 4.74 Å². The van der Waals surface area contributed by atoms with E-state index < -0.39 is 17.5 Å². The number of amides is 1. The molecule has 0 aliphatic heterocycles. The highest BCUT2D eigenvalue weighted by Gasteiger charge is 2.35. The van der Waals surface area contributed by atoms with Crippen LogP contribution in [0.4, 0.5) is 8.78 Å². The van der Waals surface area contributed by atoms with Crippen LogP contribution in [0, 0.1) is 17.0 Å². The summed E-state index contributed by atoms with van der Waals surface area (Å²) in [5, 5.41) is 0. The number of carbonyl (C=O) groups excluding carboxylic acids is 2. The molecule has 1 aromatic carbocycles. The summed E-state index contributed by atoms with van der Waals surface area (Å²) >= 11 is 0. The number of likely N-dealkylation sites (N-methyl/N-ethyl adjacent to an activating group) is 1. The van der Waals surface area contributed by atoms with Gasteiger partial charge < -0.3 is 9.64 Å². The van der Waals surface area contributed by atoms with Crippen LogP contribution in [0.1, 0.15) is 78.2 Å². The minimum absolute atomic E-state index is 0.0414. The zero-order valence-electron chi connectivity index (χ0n) is 22.1. The standard InChI is InChI=1S/C28H42F2N2O3/c1-6-15-32(16-7-2)17-18-35-24-12-11-21(25(29)26(24)30)19-31(5)27(34)22(20-33)23(8-3)28(4)13-9-10-14-28/h11-12,20H,6-10,13-19H2,1-5H3/b23-22-. The highest BCUT2D eigenvalue weighted by molar-refractivity contribution is 6.11. The van der Waals surface area contributed by atoms with Crippen LogP contribution in [0.3, 0.4) is 0 Å². The molecule has 35 heavy (non-hydrogen) atoms. The molecule has 0 atom stereocenters. The summed E-state index contributed by atoms with van der Waals surface area (Å²) in [6, 6.07) is 2.85. The van der Waals surface area contributed by atoms with Crippen molar-refractivity contribution < 1.29 is 23.1 Å². The molecule has 1 saturated carbocycles. The molecule has 1 aliphatic rings. The van der Waals surface area contributed by atoms with Gasteiger partial charge in [-0.1, -0.05) is 46.6 Å². The molecule has 0 N–H and O–H groups in total. The number of carbonyl (C=O) groups is 2. The quantitative estimate of drug-likeness (QED) is 0.140. The molecular weight excluding hydrogens is 450 g/mol. The predicted octanol–water partition coefficient (Wildman–Crippen LogP) is 5.91. The van der Waals surface area contributed by atoms with Gasteiger partial charge in [-0.05, 0) is 62.2 Å². The van der Waals surface area contributed by atoms with Crippen molar-refractivity contribution in [2.45, 2.75) is 79.2 Å². The van der Waals surface area contributed by atoms with Crippen molar-refractivity contribution in [2.24, 2.45) is 5.41 Å². The van der Waals surface area contributed by atoms with Crippen molar-refractivity contribution in [3.8, 4) is 5.75 Å². The molecule has 2 rings (SSSR count). The van der Waals surface area contributed by atoms with Gasteiger partial charge in [-0.25, -0.2) is 4.39 Å². The van der Waals surface area contributed by atoms with Gasteiger partial charge in [0.2, 0.25) is 5.82 Å². The number of nitrogens with zero attached hydrogens (tertiary/aromatic N) is 2. The van der Waals surface area contributed by atoms with Crippen molar-refractivity contribution in [1.82, 2.24) is 9.80 Å². The minimum atomic E-state index is -1.06. The fourth-order valence-corrected chi connectivity index (χ4v) is 5.24. The second-order valence-electron chi connectivity index (χ2n) is 9.83. The Morgan fingerprint density at radius 3 is 2.23 bits per heavy atom.